The van der Waals surface area contributed by atoms with Crippen LogP contribution in [0.1, 0.15) is 0 Å². The van der Waals surface area contributed by atoms with Crippen LogP contribution in [0.5, 0.6) is 11.5 Å². The van der Waals surface area contributed by atoms with Gasteiger partial charge in [0.2, 0.25) is 5.75 Å². The molecule has 0 saturated heterocycles. The van der Waals surface area contributed by atoms with Crippen molar-refractivity contribution in [1.29, 1.82) is 0 Å². The smallest absolute Gasteiger partial charge is 0.314 e. The van der Waals surface area contributed by atoms with E-state index in [-0.39, 0.29) is 11.5 Å². The first-order chi connectivity index (χ1) is 8.97. The number of ether oxygens (including phenoxy) is 1. The van der Waals surface area contributed by atoms with Gasteiger partial charge in [-0.05, 0) is 30.3 Å². The topological polar surface area (TPSA) is 52.4 Å². The van der Waals surface area contributed by atoms with Crippen molar-refractivity contribution in [2.24, 2.45) is 0 Å². The lowest BCUT2D eigenvalue weighted by Crippen LogP contribution is -1.95. The van der Waals surface area contributed by atoms with Crippen LogP contribution in [0.3, 0.4) is 0 Å². The van der Waals surface area contributed by atoms with Crippen LogP contribution < -0.4 is 4.74 Å². The van der Waals surface area contributed by atoms with E-state index in [0.29, 0.717) is 10.5 Å². The van der Waals surface area contributed by atoms with Crippen molar-refractivity contribution in [1.82, 2.24) is 0 Å². The van der Waals surface area contributed by atoms with Gasteiger partial charge in [0.25, 0.3) is 0 Å². The van der Waals surface area contributed by atoms with Gasteiger partial charge >= 0.3 is 5.69 Å². The number of nitrogens with zero attached hydrogens (tertiary/aromatic N) is 1. The molecule has 0 saturated carbocycles. The van der Waals surface area contributed by atoms with Crippen molar-refractivity contribution in [3.05, 3.63) is 62.6 Å². The number of hydrogen-bond acceptors (Lipinski definition) is 3. The summed E-state index contributed by atoms with van der Waals surface area (Å²) in [4.78, 5) is 9.96. The molecule has 7 heteroatoms. The molecule has 0 amide bonds. The average molecular weight is 330 g/mol. The molecule has 2 rings (SSSR count). The van der Waals surface area contributed by atoms with E-state index in [1.807, 2.05) is 0 Å². The summed E-state index contributed by atoms with van der Waals surface area (Å²) in [7, 11) is 0. The highest BCUT2D eigenvalue weighted by molar-refractivity contribution is 9.10. The number of benzene rings is 2. The van der Waals surface area contributed by atoms with Crippen LogP contribution in [0.15, 0.2) is 40.9 Å². The second-order valence-electron chi connectivity index (χ2n) is 3.55. The van der Waals surface area contributed by atoms with Crippen molar-refractivity contribution in [3.63, 3.8) is 0 Å². The molecule has 0 atom stereocenters. The first-order valence-corrected chi connectivity index (χ1v) is 5.83. The number of nitro groups is 1. The van der Waals surface area contributed by atoms with Crippen LogP contribution in [-0.4, -0.2) is 4.92 Å². The first-order valence-electron chi connectivity index (χ1n) is 5.04. The van der Waals surface area contributed by atoms with Crippen LogP contribution in [0, 0.1) is 21.7 Å². The molecule has 0 heterocycles. The summed E-state index contributed by atoms with van der Waals surface area (Å²) in [6.07, 6.45) is 0. The summed E-state index contributed by atoms with van der Waals surface area (Å²) in [5.41, 5.74) is -0.567. The number of hydrogen-bond donors (Lipinski definition) is 0. The molecule has 0 aliphatic carbocycles. The molecular formula is C12H6BrF2NO3. The van der Waals surface area contributed by atoms with Gasteiger partial charge in [0.1, 0.15) is 5.82 Å². The molecule has 0 aliphatic rings. The Morgan fingerprint density at radius 3 is 2.42 bits per heavy atom. The standard InChI is InChI=1S/C12H6BrF2NO3/c13-7-1-3-11(9(15)5-7)19-12-4-2-8(14)6-10(12)16(17)18/h1-6H. The molecule has 0 bridgehead atoms. The molecule has 4 nitrogen and oxygen atoms in total. The Morgan fingerprint density at radius 1 is 1.11 bits per heavy atom. The third-order valence-electron chi connectivity index (χ3n) is 2.23. The zero-order valence-electron chi connectivity index (χ0n) is 9.27. The van der Waals surface area contributed by atoms with E-state index in [1.165, 1.54) is 12.1 Å². The normalized spacial score (nSPS) is 10.3. The van der Waals surface area contributed by atoms with E-state index in [0.717, 1.165) is 18.2 Å². The van der Waals surface area contributed by atoms with Crippen LogP contribution >= 0.6 is 15.9 Å². The lowest BCUT2D eigenvalue weighted by molar-refractivity contribution is -0.385. The summed E-state index contributed by atoms with van der Waals surface area (Å²) in [6, 6.07) is 6.78. The van der Waals surface area contributed by atoms with E-state index in [9.17, 15) is 18.9 Å². The molecule has 0 aliphatic heterocycles. The number of halogens is 3. The molecule has 0 spiro atoms. The van der Waals surface area contributed by atoms with Gasteiger partial charge in [0, 0.05) is 4.47 Å². The van der Waals surface area contributed by atoms with Crippen molar-refractivity contribution >= 4 is 21.6 Å². The highest BCUT2D eigenvalue weighted by atomic mass is 79.9. The van der Waals surface area contributed by atoms with E-state index >= 15 is 0 Å². The van der Waals surface area contributed by atoms with Crippen LogP contribution in [-0.2, 0) is 0 Å². The molecule has 19 heavy (non-hydrogen) atoms. The number of nitro benzene ring substituents is 1. The molecule has 0 unspecified atom stereocenters. The average Bonchev–Trinajstić information content (AvgIpc) is 2.34. The number of rotatable bonds is 3. The van der Waals surface area contributed by atoms with Crippen LogP contribution in [0.4, 0.5) is 14.5 Å². The molecule has 0 fully saturated rings. The summed E-state index contributed by atoms with van der Waals surface area (Å²) in [5, 5.41) is 10.8. The molecule has 0 N–H and O–H groups in total. The molecular weight excluding hydrogens is 324 g/mol. The fraction of sp³-hybridized carbons (Fsp3) is 0. The van der Waals surface area contributed by atoms with Gasteiger partial charge in [0.15, 0.2) is 11.6 Å². The molecule has 0 radical (unpaired) electrons. The Hall–Kier alpha value is -2.02. The Morgan fingerprint density at radius 2 is 1.79 bits per heavy atom. The highest BCUT2D eigenvalue weighted by Gasteiger charge is 2.18. The fourth-order valence-electron chi connectivity index (χ4n) is 1.40. The Bertz CT molecular complexity index is 649. The molecule has 2 aromatic rings. The Kier molecular flexibility index (Phi) is 3.75. The van der Waals surface area contributed by atoms with Gasteiger partial charge in [-0.15, -0.1) is 0 Å². The maximum Gasteiger partial charge on any atom is 0.314 e. The van der Waals surface area contributed by atoms with Crippen LogP contribution in [0.25, 0.3) is 0 Å². The molecule has 98 valence electrons. The minimum Gasteiger partial charge on any atom is -0.447 e. The Balaban J connectivity index is 2.40. The summed E-state index contributed by atoms with van der Waals surface area (Å²) >= 11 is 3.08. The second kappa shape index (κ2) is 5.31. The minimum atomic E-state index is -0.796. The summed E-state index contributed by atoms with van der Waals surface area (Å²) < 4.78 is 32.1. The lowest BCUT2D eigenvalue weighted by atomic mass is 10.3. The van der Waals surface area contributed by atoms with Gasteiger partial charge in [0.05, 0.1) is 11.0 Å². The van der Waals surface area contributed by atoms with Crippen molar-refractivity contribution in [2.45, 2.75) is 0 Å². The quantitative estimate of drug-likeness (QED) is 0.618. The maximum atomic E-state index is 13.5. The SMILES string of the molecule is O=[N+]([O-])c1cc(F)ccc1Oc1ccc(Br)cc1F. The largest absolute Gasteiger partial charge is 0.447 e. The summed E-state index contributed by atoms with van der Waals surface area (Å²) in [5.74, 6) is -1.87. The highest BCUT2D eigenvalue weighted by Crippen LogP contribution is 2.33. The third-order valence-corrected chi connectivity index (χ3v) is 2.72. The molecule has 0 aromatic heterocycles. The third kappa shape index (κ3) is 3.05. The van der Waals surface area contributed by atoms with Crippen molar-refractivity contribution < 1.29 is 18.4 Å². The van der Waals surface area contributed by atoms with Crippen LogP contribution in [0.2, 0.25) is 0 Å². The van der Waals surface area contributed by atoms with Crippen molar-refractivity contribution in [3.8, 4) is 11.5 Å². The van der Waals surface area contributed by atoms with E-state index in [2.05, 4.69) is 15.9 Å². The first kappa shape index (κ1) is 13.4. The maximum absolute atomic E-state index is 13.5. The zero-order valence-corrected chi connectivity index (χ0v) is 10.9. The summed E-state index contributed by atoms with van der Waals surface area (Å²) in [6.45, 7) is 0. The van der Waals surface area contributed by atoms with Crippen molar-refractivity contribution in [2.75, 3.05) is 0 Å². The molecule has 2 aromatic carbocycles. The van der Waals surface area contributed by atoms with Gasteiger partial charge < -0.3 is 4.74 Å². The van der Waals surface area contributed by atoms with Gasteiger partial charge in [-0.25, -0.2) is 8.78 Å². The predicted octanol–water partition coefficient (Wildman–Crippen LogP) is 4.43. The van der Waals surface area contributed by atoms with E-state index in [4.69, 9.17) is 4.74 Å². The monoisotopic (exact) mass is 329 g/mol. The fourth-order valence-corrected chi connectivity index (χ4v) is 1.73. The van der Waals surface area contributed by atoms with Gasteiger partial charge in [-0.1, -0.05) is 15.9 Å². The van der Waals surface area contributed by atoms with Gasteiger partial charge in [-0.2, -0.15) is 0 Å². The van der Waals surface area contributed by atoms with Gasteiger partial charge in [-0.3, -0.25) is 10.1 Å². The Labute approximate surface area is 114 Å². The predicted molar refractivity (Wildman–Crippen MR) is 67.2 cm³/mol. The minimum absolute atomic E-state index is 0.182. The van der Waals surface area contributed by atoms with E-state index in [1.54, 1.807) is 0 Å². The van der Waals surface area contributed by atoms with E-state index < -0.39 is 22.2 Å². The second-order valence-corrected chi connectivity index (χ2v) is 4.46. The zero-order chi connectivity index (χ0) is 14.0. The lowest BCUT2D eigenvalue weighted by Gasteiger charge is -2.07.